The van der Waals surface area contributed by atoms with Gasteiger partial charge in [0.15, 0.2) is 0 Å². The van der Waals surface area contributed by atoms with Gasteiger partial charge in [-0.3, -0.25) is 0 Å². The molecule has 1 unspecified atom stereocenters. The van der Waals surface area contributed by atoms with Crippen LogP contribution in [0.4, 0.5) is 0 Å². The van der Waals surface area contributed by atoms with E-state index >= 15 is 0 Å². The predicted molar refractivity (Wildman–Crippen MR) is 121 cm³/mol. The number of hydrogen-bond acceptors (Lipinski definition) is 0. The Morgan fingerprint density at radius 3 is 1.81 bits per heavy atom. The van der Waals surface area contributed by atoms with Gasteiger partial charge in [-0.15, -0.1) is 21.5 Å². The van der Waals surface area contributed by atoms with Crippen LogP contribution in [0.2, 0.25) is 0 Å². The second kappa shape index (κ2) is 12.6. The van der Waals surface area contributed by atoms with Gasteiger partial charge in [0.2, 0.25) is 0 Å². The quantitative estimate of drug-likeness (QED) is 0.229. The van der Waals surface area contributed by atoms with E-state index in [4.69, 9.17) is 0 Å². The maximum Gasteiger partial charge on any atom is 2.00 e. The summed E-state index contributed by atoms with van der Waals surface area (Å²) in [7, 11) is 0.145. The van der Waals surface area contributed by atoms with Crippen LogP contribution in [0.5, 0.6) is 0 Å². The monoisotopic (exact) mass is 488 g/mol. The van der Waals surface area contributed by atoms with Crippen molar-refractivity contribution in [1.82, 2.24) is 0 Å². The predicted octanol–water partition coefficient (Wildman–Crippen LogP) is 8.78. The van der Waals surface area contributed by atoms with Crippen LogP contribution in [0.1, 0.15) is 82.4 Å². The maximum absolute atomic E-state index is 3.79. The molecule has 0 heterocycles. The Morgan fingerprint density at radius 2 is 1.44 bits per heavy atom. The van der Waals surface area contributed by atoms with Crippen molar-refractivity contribution in [2.24, 2.45) is 0 Å². The summed E-state index contributed by atoms with van der Waals surface area (Å²) in [5, 5.41) is 0. The van der Waals surface area contributed by atoms with E-state index in [1.54, 1.807) is 5.56 Å². The van der Waals surface area contributed by atoms with Crippen LogP contribution in [0, 0.1) is 0 Å². The fourth-order valence-corrected chi connectivity index (χ4v) is 10.1. The topological polar surface area (TPSA) is 0 Å². The minimum Gasteiger partial charge on any atom is -0.214 e. The van der Waals surface area contributed by atoms with Crippen molar-refractivity contribution in [2.75, 3.05) is 0 Å². The summed E-state index contributed by atoms with van der Waals surface area (Å²) in [6, 6.07) is 16.8. The van der Waals surface area contributed by atoms with Gasteiger partial charge in [-0.05, 0) is 42.7 Å². The number of halogens is 1. The SMILES string of the molecule is CC(c1ccc[c-]1Br)P(C1CCCCC1)C1CCCCC1.[Fe+2].c1cc[cH-]c1. The molecule has 2 saturated carbocycles. The fraction of sp³-hybridized carbons (Fsp3) is 0.583. The Labute approximate surface area is 187 Å². The van der Waals surface area contributed by atoms with Crippen molar-refractivity contribution in [2.45, 2.75) is 88.1 Å². The first-order valence-electron chi connectivity index (χ1n) is 10.6. The normalized spacial score (nSPS) is 19.8. The molecule has 0 nitrogen and oxygen atoms in total. The molecule has 0 bridgehead atoms. The molecule has 2 fully saturated rings. The summed E-state index contributed by atoms with van der Waals surface area (Å²) in [6.45, 7) is 2.54. The van der Waals surface area contributed by atoms with Crippen molar-refractivity contribution in [3.8, 4) is 0 Å². The van der Waals surface area contributed by atoms with Gasteiger partial charge in [0.05, 0.1) is 0 Å². The molecule has 2 aromatic rings. The minimum absolute atomic E-state index is 0. The largest absolute Gasteiger partial charge is 2.00 e. The second-order valence-corrected chi connectivity index (χ2v) is 12.0. The van der Waals surface area contributed by atoms with Crippen LogP contribution in [0.15, 0.2) is 53.0 Å². The second-order valence-electron chi connectivity index (χ2n) is 8.00. The zero-order valence-corrected chi connectivity index (χ0v) is 20.2. The molecule has 1 atom stereocenters. The summed E-state index contributed by atoms with van der Waals surface area (Å²) in [5.74, 6) is 0. The van der Waals surface area contributed by atoms with Gasteiger partial charge in [-0.2, -0.15) is 24.3 Å². The first kappa shape index (κ1) is 23.4. The molecule has 0 saturated heterocycles. The molecule has 3 heteroatoms. The average Bonchev–Trinajstić information content (AvgIpc) is 3.38. The molecule has 150 valence electrons. The van der Waals surface area contributed by atoms with Gasteiger partial charge in [0.25, 0.3) is 0 Å². The minimum atomic E-state index is 0. The van der Waals surface area contributed by atoms with E-state index in [2.05, 4.69) is 41.1 Å². The average molecular weight is 489 g/mol. The van der Waals surface area contributed by atoms with Crippen LogP contribution >= 0.6 is 23.9 Å². The molecule has 0 amide bonds. The van der Waals surface area contributed by atoms with Crippen LogP contribution < -0.4 is 0 Å². The zero-order chi connectivity index (χ0) is 18.2. The molecule has 0 spiro atoms. The fourth-order valence-electron chi connectivity index (χ4n) is 4.92. The van der Waals surface area contributed by atoms with Gasteiger partial charge in [0, 0.05) is 0 Å². The van der Waals surface area contributed by atoms with Crippen molar-refractivity contribution in [3.05, 3.63) is 58.6 Å². The van der Waals surface area contributed by atoms with Crippen molar-refractivity contribution in [1.29, 1.82) is 0 Å². The molecule has 2 aliphatic rings. The third kappa shape index (κ3) is 6.85. The number of rotatable bonds is 4. The van der Waals surface area contributed by atoms with Crippen LogP contribution in [0.25, 0.3) is 0 Å². The zero-order valence-electron chi connectivity index (χ0n) is 16.6. The smallest absolute Gasteiger partial charge is 0.214 e. The molecule has 4 rings (SSSR count). The summed E-state index contributed by atoms with van der Waals surface area (Å²) < 4.78 is 1.36. The third-order valence-corrected chi connectivity index (χ3v) is 10.9. The number of hydrogen-bond donors (Lipinski definition) is 0. The molecule has 2 aliphatic carbocycles. The summed E-state index contributed by atoms with van der Waals surface area (Å²) >= 11 is 3.79. The van der Waals surface area contributed by atoms with Gasteiger partial charge >= 0.3 is 17.1 Å². The van der Waals surface area contributed by atoms with E-state index in [9.17, 15) is 0 Å². The van der Waals surface area contributed by atoms with Crippen molar-refractivity contribution in [3.63, 3.8) is 0 Å². The third-order valence-electron chi connectivity index (χ3n) is 6.24. The Hall–Kier alpha value is 0.129. The summed E-state index contributed by atoms with van der Waals surface area (Å²) in [6.07, 6.45) is 15.0. The molecule has 27 heavy (non-hydrogen) atoms. The van der Waals surface area contributed by atoms with E-state index < -0.39 is 0 Å². The Kier molecular flexibility index (Phi) is 11.0. The van der Waals surface area contributed by atoms with Crippen molar-refractivity contribution < 1.29 is 17.1 Å². The van der Waals surface area contributed by atoms with Crippen molar-refractivity contribution >= 4 is 23.9 Å². The van der Waals surface area contributed by atoms with Gasteiger partial charge < -0.3 is 0 Å². The molecule has 0 N–H and O–H groups in total. The molecule has 0 aliphatic heterocycles. The Balaban J connectivity index is 0.000000379. The van der Waals surface area contributed by atoms with Crippen LogP contribution in [-0.4, -0.2) is 11.3 Å². The molecular weight excluding hydrogens is 455 g/mol. The maximum atomic E-state index is 3.79. The summed E-state index contributed by atoms with van der Waals surface area (Å²) in [5.41, 5.74) is 4.48. The van der Waals surface area contributed by atoms with E-state index in [1.165, 1.54) is 68.7 Å². The van der Waals surface area contributed by atoms with Gasteiger partial charge in [-0.1, -0.05) is 57.8 Å². The molecule has 0 radical (unpaired) electrons. The summed E-state index contributed by atoms with van der Waals surface area (Å²) in [4.78, 5) is 0. The molecular formula is C24H34BrFeP. The van der Waals surface area contributed by atoms with Crippen LogP contribution in [-0.2, 0) is 17.1 Å². The molecule has 2 aromatic carbocycles. The van der Waals surface area contributed by atoms with E-state index in [-0.39, 0.29) is 25.0 Å². The first-order valence-corrected chi connectivity index (χ1v) is 13.0. The standard InChI is InChI=1S/C19H29BrP.C5H5.Fe/c1-15(18-13-8-14-19(18)20)21(16-9-4-2-5-10-16)17-11-6-3-7-12-17;1-2-4-5-3-1;/h8,13-17H,2-7,9-12H2,1H3;1-5H;/q2*-1;+2. The Bertz CT molecular complexity index is 558. The van der Waals surface area contributed by atoms with E-state index in [0.29, 0.717) is 0 Å². The first-order chi connectivity index (χ1) is 12.8. The van der Waals surface area contributed by atoms with E-state index in [1.807, 2.05) is 30.3 Å². The van der Waals surface area contributed by atoms with Crippen LogP contribution in [0.3, 0.4) is 0 Å². The van der Waals surface area contributed by atoms with E-state index in [0.717, 1.165) is 17.0 Å². The van der Waals surface area contributed by atoms with Gasteiger partial charge in [-0.25, -0.2) is 24.3 Å². The molecule has 0 aromatic heterocycles. The Morgan fingerprint density at radius 1 is 0.926 bits per heavy atom. The van der Waals surface area contributed by atoms with Gasteiger partial charge in [0.1, 0.15) is 0 Å².